The Bertz CT molecular complexity index is 881. The summed E-state index contributed by atoms with van der Waals surface area (Å²) in [5.41, 5.74) is 1.93. The SMILES string of the molecule is CNC(=O)[C@@H](CC(=O)c1nc(-c2ccc(Cl)cc2)n2c1CNCC2)C(C)(C)C. The summed E-state index contributed by atoms with van der Waals surface area (Å²) in [5, 5.41) is 6.66. The normalized spacial score (nSPS) is 15.0. The molecule has 1 aliphatic rings. The van der Waals surface area contributed by atoms with Crippen molar-refractivity contribution in [1.82, 2.24) is 20.2 Å². The molecule has 0 saturated carbocycles. The fourth-order valence-electron chi connectivity index (χ4n) is 3.60. The largest absolute Gasteiger partial charge is 0.359 e. The van der Waals surface area contributed by atoms with Crippen LogP contribution in [0.1, 0.15) is 43.4 Å². The number of halogens is 1. The molecule has 6 nitrogen and oxygen atoms in total. The van der Waals surface area contributed by atoms with Crippen LogP contribution in [0.15, 0.2) is 24.3 Å². The Morgan fingerprint density at radius 1 is 1.29 bits per heavy atom. The second-order valence-corrected chi connectivity index (χ2v) is 8.66. The highest BCUT2D eigenvalue weighted by Crippen LogP contribution is 2.32. The summed E-state index contributed by atoms with van der Waals surface area (Å²) in [7, 11) is 1.60. The molecule has 0 radical (unpaired) electrons. The van der Waals surface area contributed by atoms with Crippen molar-refractivity contribution in [3.63, 3.8) is 0 Å². The Hall–Kier alpha value is -2.18. The lowest BCUT2D eigenvalue weighted by Gasteiger charge is -2.28. The van der Waals surface area contributed by atoms with Crippen LogP contribution in [0.3, 0.4) is 0 Å². The minimum atomic E-state index is -0.419. The molecule has 150 valence electrons. The number of ketones is 1. The van der Waals surface area contributed by atoms with Crippen molar-refractivity contribution in [3.8, 4) is 11.4 Å². The maximum atomic E-state index is 13.2. The van der Waals surface area contributed by atoms with E-state index in [-0.39, 0.29) is 23.5 Å². The van der Waals surface area contributed by atoms with Crippen LogP contribution in [0.25, 0.3) is 11.4 Å². The lowest BCUT2D eigenvalue weighted by Crippen LogP contribution is -2.38. The molecule has 2 aromatic rings. The Balaban J connectivity index is 1.98. The van der Waals surface area contributed by atoms with Crippen LogP contribution < -0.4 is 10.6 Å². The van der Waals surface area contributed by atoms with E-state index in [9.17, 15) is 9.59 Å². The average Bonchev–Trinajstić information content (AvgIpc) is 3.05. The number of Topliss-reactive ketones (excluding diaryl/α,β-unsaturated/α-hetero) is 1. The molecule has 3 rings (SSSR count). The fraction of sp³-hybridized carbons (Fsp3) is 0.476. The van der Waals surface area contributed by atoms with Crippen molar-refractivity contribution in [2.75, 3.05) is 13.6 Å². The Kier molecular flexibility index (Phi) is 5.91. The second-order valence-electron chi connectivity index (χ2n) is 8.23. The summed E-state index contributed by atoms with van der Waals surface area (Å²) >= 11 is 6.01. The van der Waals surface area contributed by atoms with Gasteiger partial charge in [-0.05, 0) is 29.7 Å². The molecular formula is C21H27ClN4O2. The molecule has 0 bridgehead atoms. The number of amides is 1. The maximum absolute atomic E-state index is 13.2. The number of carbonyl (C=O) groups excluding carboxylic acids is 2. The Morgan fingerprint density at radius 3 is 2.57 bits per heavy atom. The third-order valence-electron chi connectivity index (χ3n) is 5.24. The predicted octanol–water partition coefficient (Wildman–Crippen LogP) is 3.29. The van der Waals surface area contributed by atoms with Crippen LogP contribution in [0.4, 0.5) is 0 Å². The zero-order chi connectivity index (χ0) is 20.5. The van der Waals surface area contributed by atoms with Crippen LogP contribution in [-0.4, -0.2) is 34.8 Å². The first-order valence-electron chi connectivity index (χ1n) is 9.53. The molecule has 1 aromatic carbocycles. The van der Waals surface area contributed by atoms with Gasteiger partial charge in [0.1, 0.15) is 11.5 Å². The third-order valence-corrected chi connectivity index (χ3v) is 5.49. The number of rotatable bonds is 5. The van der Waals surface area contributed by atoms with Gasteiger partial charge in [-0.25, -0.2) is 4.98 Å². The molecular weight excluding hydrogens is 376 g/mol. The van der Waals surface area contributed by atoms with Gasteiger partial charge in [-0.1, -0.05) is 32.4 Å². The van der Waals surface area contributed by atoms with Crippen molar-refractivity contribution in [3.05, 3.63) is 40.7 Å². The van der Waals surface area contributed by atoms with Crippen molar-refractivity contribution in [1.29, 1.82) is 0 Å². The fourth-order valence-corrected chi connectivity index (χ4v) is 3.72. The highest BCUT2D eigenvalue weighted by atomic mass is 35.5. The van der Waals surface area contributed by atoms with Crippen molar-refractivity contribution < 1.29 is 9.59 Å². The van der Waals surface area contributed by atoms with E-state index in [0.717, 1.165) is 30.2 Å². The summed E-state index contributed by atoms with van der Waals surface area (Å²) in [6, 6.07) is 7.47. The van der Waals surface area contributed by atoms with Crippen LogP contribution in [0.2, 0.25) is 5.02 Å². The van der Waals surface area contributed by atoms with E-state index in [1.165, 1.54) is 0 Å². The molecule has 1 aromatic heterocycles. The summed E-state index contributed by atoms with van der Waals surface area (Å²) < 4.78 is 2.10. The van der Waals surface area contributed by atoms with Crippen molar-refractivity contribution in [2.24, 2.45) is 11.3 Å². The van der Waals surface area contributed by atoms with Gasteiger partial charge in [0.15, 0.2) is 5.78 Å². The first kappa shape index (κ1) is 20.6. The highest BCUT2D eigenvalue weighted by molar-refractivity contribution is 6.30. The molecule has 0 fully saturated rings. The molecule has 0 saturated heterocycles. The molecule has 0 spiro atoms. The molecule has 7 heteroatoms. The van der Waals surface area contributed by atoms with Gasteiger partial charge in [-0.15, -0.1) is 0 Å². The number of aromatic nitrogens is 2. The Labute approximate surface area is 170 Å². The van der Waals surface area contributed by atoms with Gasteiger partial charge in [-0.2, -0.15) is 0 Å². The molecule has 2 heterocycles. The first-order valence-corrected chi connectivity index (χ1v) is 9.91. The zero-order valence-electron chi connectivity index (χ0n) is 16.8. The molecule has 1 amide bonds. The van der Waals surface area contributed by atoms with E-state index < -0.39 is 5.92 Å². The zero-order valence-corrected chi connectivity index (χ0v) is 17.6. The number of hydrogen-bond acceptors (Lipinski definition) is 4. The molecule has 0 unspecified atom stereocenters. The van der Waals surface area contributed by atoms with Crippen LogP contribution in [-0.2, 0) is 17.9 Å². The van der Waals surface area contributed by atoms with E-state index in [4.69, 9.17) is 16.6 Å². The lowest BCUT2D eigenvalue weighted by atomic mass is 9.77. The average molecular weight is 403 g/mol. The molecule has 0 aliphatic carbocycles. The smallest absolute Gasteiger partial charge is 0.223 e. The van der Waals surface area contributed by atoms with Gasteiger partial charge in [-0.3, -0.25) is 9.59 Å². The summed E-state index contributed by atoms with van der Waals surface area (Å²) in [6.45, 7) is 8.07. The first-order chi connectivity index (χ1) is 13.2. The van der Waals surface area contributed by atoms with Crippen molar-refractivity contribution in [2.45, 2.75) is 40.3 Å². The molecule has 1 atom stereocenters. The minimum absolute atomic E-state index is 0.101. The van der Waals surface area contributed by atoms with E-state index in [2.05, 4.69) is 15.2 Å². The monoisotopic (exact) mass is 402 g/mol. The van der Waals surface area contributed by atoms with Gasteiger partial charge in [0.2, 0.25) is 5.91 Å². The van der Waals surface area contributed by atoms with Crippen LogP contribution >= 0.6 is 11.6 Å². The quantitative estimate of drug-likeness (QED) is 0.752. The van der Waals surface area contributed by atoms with Gasteiger partial charge < -0.3 is 15.2 Å². The van der Waals surface area contributed by atoms with E-state index in [0.29, 0.717) is 17.3 Å². The van der Waals surface area contributed by atoms with Gasteiger partial charge in [0.25, 0.3) is 0 Å². The molecule has 1 aliphatic heterocycles. The summed E-state index contributed by atoms with van der Waals surface area (Å²) in [5.74, 6) is 0.128. The number of nitrogens with one attached hydrogen (secondary N) is 2. The van der Waals surface area contributed by atoms with Gasteiger partial charge in [0.05, 0.1) is 11.6 Å². The minimum Gasteiger partial charge on any atom is -0.359 e. The number of carbonyl (C=O) groups is 2. The van der Waals surface area contributed by atoms with Gasteiger partial charge >= 0.3 is 0 Å². The molecule has 2 N–H and O–H groups in total. The van der Waals surface area contributed by atoms with E-state index in [1.54, 1.807) is 7.05 Å². The maximum Gasteiger partial charge on any atom is 0.223 e. The highest BCUT2D eigenvalue weighted by Gasteiger charge is 2.35. The number of nitrogens with zero attached hydrogens (tertiary/aromatic N) is 2. The second kappa shape index (κ2) is 8.05. The van der Waals surface area contributed by atoms with E-state index >= 15 is 0 Å². The number of imidazole rings is 1. The standard InChI is InChI=1S/C21H27ClN4O2/c1-21(2,3)15(20(28)23-4)11-17(27)18-16-12-24-9-10-26(16)19(25-18)13-5-7-14(22)8-6-13/h5-8,15,24H,9-12H2,1-4H3,(H,23,28)/t15-/m1/s1. The Morgan fingerprint density at radius 2 is 1.96 bits per heavy atom. The number of hydrogen-bond donors (Lipinski definition) is 2. The van der Waals surface area contributed by atoms with Crippen molar-refractivity contribution >= 4 is 23.3 Å². The molecule has 28 heavy (non-hydrogen) atoms. The lowest BCUT2D eigenvalue weighted by molar-refractivity contribution is -0.127. The summed E-state index contributed by atoms with van der Waals surface area (Å²) in [6.07, 6.45) is 0.132. The third kappa shape index (κ3) is 4.13. The number of benzene rings is 1. The van der Waals surface area contributed by atoms with Crippen LogP contribution in [0, 0.1) is 11.3 Å². The van der Waals surface area contributed by atoms with Gasteiger partial charge in [0, 0.05) is 43.7 Å². The summed E-state index contributed by atoms with van der Waals surface area (Å²) in [4.78, 5) is 30.3. The van der Waals surface area contributed by atoms with Crippen LogP contribution in [0.5, 0.6) is 0 Å². The predicted molar refractivity (Wildman–Crippen MR) is 110 cm³/mol. The van der Waals surface area contributed by atoms with E-state index in [1.807, 2.05) is 45.0 Å². The number of fused-ring (bicyclic) bond motifs is 1. The topological polar surface area (TPSA) is 76.0 Å².